The van der Waals surface area contributed by atoms with Crippen LogP contribution in [-0.4, -0.2) is 42.0 Å². The summed E-state index contributed by atoms with van der Waals surface area (Å²) in [6.07, 6.45) is 1.36. The molecule has 178 valence electrons. The van der Waals surface area contributed by atoms with Gasteiger partial charge in [-0.2, -0.15) is 0 Å². The van der Waals surface area contributed by atoms with Crippen molar-refractivity contribution in [1.29, 1.82) is 0 Å². The van der Waals surface area contributed by atoms with E-state index in [0.29, 0.717) is 0 Å². The summed E-state index contributed by atoms with van der Waals surface area (Å²) in [5, 5.41) is 7.47. The van der Waals surface area contributed by atoms with Crippen molar-refractivity contribution in [2.45, 2.75) is 25.4 Å². The summed E-state index contributed by atoms with van der Waals surface area (Å²) in [4.78, 5) is 51.9. The number of nitrogens with one attached hydrogen (secondary N) is 3. The highest BCUT2D eigenvalue weighted by molar-refractivity contribution is 6.07. The van der Waals surface area contributed by atoms with Crippen LogP contribution < -0.4 is 16.0 Å². The summed E-state index contributed by atoms with van der Waals surface area (Å²) < 4.78 is 37.6. The van der Waals surface area contributed by atoms with Gasteiger partial charge < -0.3 is 25.1 Å². The summed E-state index contributed by atoms with van der Waals surface area (Å²) >= 11 is 0. The van der Waals surface area contributed by atoms with E-state index in [-0.39, 0.29) is 29.2 Å². The van der Waals surface area contributed by atoms with Gasteiger partial charge >= 0.3 is 18.0 Å². The van der Waals surface area contributed by atoms with Crippen LogP contribution in [0.3, 0.4) is 0 Å². The van der Waals surface area contributed by atoms with Gasteiger partial charge in [-0.25, -0.2) is 23.2 Å². The predicted molar refractivity (Wildman–Crippen MR) is 111 cm³/mol. The number of carbonyl (C=O) groups excluding carboxylic acids is 4. The Morgan fingerprint density at radius 2 is 1.97 bits per heavy atom. The number of furan rings is 1. The average Bonchev–Trinajstić information content (AvgIpc) is 3.39. The van der Waals surface area contributed by atoms with Crippen LogP contribution >= 0.6 is 0 Å². The van der Waals surface area contributed by atoms with Gasteiger partial charge in [0.25, 0.3) is 5.91 Å². The molecule has 0 saturated carbocycles. The highest BCUT2D eigenvalue weighted by Crippen LogP contribution is 2.32. The first kappa shape index (κ1) is 23.0. The van der Waals surface area contributed by atoms with E-state index in [0.717, 1.165) is 17.0 Å². The van der Waals surface area contributed by atoms with Gasteiger partial charge in [-0.3, -0.25) is 9.69 Å². The van der Waals surface area contributed by atoms with Crippen LogP contribution in [0.5, 0.6) is 0 Å². The van der Waals surface area contributed by atoms with Crippen LogP contribution in [-0.2, 0) is 19.9 Å². The fourth-order valence-electron chi connectivity index (χ4n) is 3.86. The van der Waals surface area contributed by atoms with Crippen molar-refractivity contribution in [2.24, 2.45) is 0 Å². The molecule has 0 aliphatic carbocycles. The quantitative estimate of drug-likeness (QED) is 0.435. The van der Waals surface area contributed by atoms with E-state index in [1.165, 1.54) is 19.3 Å². The van der Waals surface area contributed by atoms with E-state index in [1.54, 1.807) is 19.1 Å². The second-order valence-electron chi connectivity index (χ2n) is 7.73. The van der Waals surface area contributed by atoms with Gasteiger partial charge in [-0.05, 0) is 43.7 Å². The second kappa shape index (κ2) is 8.61. The smallest absolute Gasteiger partial charge is 0.338 e. The molecule has 5 amide bonds. The van der Waals surface area contributed by atoms with E-state index in [9.17, 15) is 28.0 Å². The van der Waals surface area contributed by atoms with Crippen LogP contribution in [0.2, 0.25) is 0 Å². The molecule has 0 radical (unpaired) electrons. The molecule has 2 aliphatic rings. The summed E-state index contributed by atoms with van der Waals surface area (Å²) in [5.74, 6) is -3.63. The van der Waals surface area contributed by atoms with Gasteiger partial charge in [0.05, 0.1) is 30.7 Å². The summed E-state index contributed by atoms with van der Waals surface area (Å²) in [6.45, 7) is 2.47. The lowest BCUT2D eigenvalue weighted by atomic mass is 9.91. The number of carbonyl (C=O) groups is 4. The molecule has 2 aromatic rings. The number of hydrogen-bond acceptors (Lipinski definition) is 6. The Balaban J connectivity index is 1.72. The highest BCUT2D eigenvalue weighted by Gasteiger charge is 2.50. The lowest BCUT2D eigenvalue weighted by Gasteiger charge is -2.29. The van der Waals surface area contributed by atoms with Gasteiger partial charge in [0.15, 0.2) is 11.6 Å². The maximum atomic E-state index is 13.8. The molecule has 3 N–H and O–H groups in total. The summed E-state index contributed by atoms with van der Waals surface area (Å²) in [5.41, 5.74) is -1.79. The third-order valence-electron chi connectivity index (χ3n) is 5.56. The molecule has 0 bridgehead atoms. The van der Waals surface area contributed by atoms with Gasteiger partial charge in [-0.15, -0.1) is 0 Å². The van der Waals surface area contributed by atoms with E-state index >= 15 is 0 Å². The lowest BCUT2D eigenvalue weighted by molar-refractivity contribution is -0.139. The van der Waals surface area contributed by atoms with Crippen molar-refractivity contribution in [3.63, 3.8) is 0 Å². The van der Waals surface area contributed by atoms with Crippen molar-refractivity contribution in [3.05, 3.63) is 70.8 Å². The average molecular weight is 474 g/mol. The van der Waals surface area contributed by atoms with E-state index in [2.05, 4.69) is 16.0 Å². The van der Waals surface area contributed by atoms with E-state index < -0.39 is 53.7 Å². The maximum absolute atomic E-state index is 13.8. The molecule has 1 saturated heterocycles. The third-order valence-corrected chi connectivity index (χ3v) is 5.56. The fourth-order valence-corrected chi connectivity index (χ4v) is 3.86. The number of nitrogens with zero attached hydrogens (tertiary/aromatic N) is 1. The zero-order valence-corrected chi connectivity index (χ0v) is 18.1. The molecule has 2 atom stereocenters. The maximum Gasteiger partial charge on any atom is 0.338 e. The first-order valence-corrected chi connectivity index (χ1v) is 10.3. The van der Waals surface area contributed by atoms with Gasteiger partial charge in [-0.1, -0.05) is 6.07 Å². The zero-order valence-electron chi connectivity index (χ0n) is 18.1. The molecule has 12 heteroatoms. The Hall–Kier alpha value is -4.22. The topological polar surface area (TPSA) is 130 Å². The lowest BCUT2D eigenvalue weighted by Crippen LogP contribution is -2.49. The number of ether oxygens (including phenoxy) is 1. The number of rotatable bonds is 6. The van der Waals surface area contributed by atoms with Crippen LogP contribution in [0.1, 0.15) is 31.2 Å². The summed E-state index contributed by atoms with van der Waals surface area (Å²) in [6, 6.07) is 3.38. The van der Waals surface area contributed by atoms with Crippen molar-refractivity contribution in [1.82, 2.24) is 20.9 Å². The third kappa shape index (κ3) is 3.87. The monoisotopic (exact) mass is 474 g/mol. The number of esters is 1. The molecule has 1 aromatic heterocycles. The fraction of sp³-hybridized carbons (Fsp3) is 0.273. The van der Waals surface area contributed by atoms with E-state index in [1.807, 2.05) is 0 Å². The molecular formula is C22H20F2N4O6. The number of hydrogen-bond donors (Lipinski definition) is 3. The van der Waals surface area contributed by atoms with Gasteiger partial charge in [0.2, 0.25) is 0 Å². The molecular weight excluding hydrogens is 454 g/mol. The Labute approximate surface area is 191 Å². The standard InChI is InChI=1S/C22H20F2N4O6/c1-3-33-18(29)16-14(25-20(31)26-17(16)15-5-4-8-34-15)10-28-19(30)22(2,27-21(28)32)11-6-7-12(23)13(24)9-11/h4-9,17H,3,10H2,1-2H3,(H,27,32)(H2,25,26,31). The Bertz CT molecular complexity index is 1210. The van der Waals surface area contributed by atoms with Crippen molar-refractivity contribution >= 4 is 23.9 Å². The SMILES string of the molecule is CCOC(=O)C1=C(CN2C(=O)NC(C)(c3ccc(F)c(F)c3)C2=O)NC(=O)NC1c1ccco1. The van der Waals surface area contributed by atoms with Crippen LogP contribution in [0.15, 0.2) is 52.3 Å². The summed E-state index contributed by atoms with van der Waals surface area (Å²) in [7, 11) is 0. The number of urea groups is 2. The van der Waals surface area contributed by atoms with Gasteiger partial charge in [0.1, 0.15) is 17.3 Å². The minimum absolute atomic E-state index is 0.0228. The Morgan fingerprint density at radius 1 is 1.21 bits per heavy atom. The minimum Gasteiger partial charge on any atom is -0.467 e. The predicted octanol–water partition coefficient (Wildman–Crippen LogP) is 2.20. The normalized spacial score (nSPS) is 22.4. The molecule has 3 heterocycles. The van der Waals surface area contributed by atoms with E-state index in [4.69, 9.17) is 9.15 Å². The second-order valence-corrected chi connectivity index (χ2v) is 7.73. The molecule has 34 heavy (non-hydrogen) atoms. The minimum atomic E-state index is -1.70. The molecule has 4 rings (SSSR count). The molecule has 0 spiro atoms. The number of halogens is 2. The van der Waals surface area contributed by atoms with Gasteiger partial charge in [0, 0.05) is 0 Å². The van der Waals surface area contributed by atoms with Crippen LogP contribution in [0, 0.1) is 11.6 Å². The molecule has 2 aliphatic heterocycles. The molecule has 2 unspecified atom stereocenters. The zero-order chi connectivity index (χ0) is 24.6. The molecule has 1 fully saturated rings. The van der Waals surface area contributed by atoms with Crippen molar-refractivity contribution < 1.29 is 37.1 Å². The first-order chi connectivity index (χ1) is 16.2. The highest BCUT2D eigenvalue weighted by atomic mass is 19.2. The van der Waals surface area contributed by atoms with Crippen molar-refractivity contribution in [3.8, 4) is 0 Å². The number of benzene rings is 1. The first-order valence-electron chi connectivity index (χ1n) is 10.3. The molecule has 10 nitrogen and oxygen atoms in total. The van der Waals surface area contributed by atoms with Crippen LogP contribution in [0.4, 0.5) is 18.4 Å². The van der Waals surface area contributed by atoms with Crippen LogP contribution in [0.25, 0.3) is 0 Å². The Kier molecular flexibility index (Phi) is 5.82. The number of amides is 5. The largest absolute Gasteiger partial charge is 0.467 e. The number of imide groups is 1. The molecule has 1 aromatic carbocycles. The van der Waals surface area contributed by atoms with Crippen molar-refractivity contribution in [2.75, 3.05) is 13.2 Å². The Morgan fingerprint density at radius 3 is 2.62 bits per heavy atom.